The summed E-state index contributed by atoms with van der Waals surface area (Å²) < 4.78 is 116. The van der Waals surface area contributed by atoms with E-state index in [1.54, 1.807) is 90.1 Å². The van der Waals surface area contributed by atoms with Crippen LogP contribution in [0.3, 0.4) is 0 Å². The Labute approximate surface area is 354 Å². The van der Waals surface area contributed by atoms with Crippen LogP contribution in [0.15, 0.2) is 83.9 Å². The van der Waals surface area contributed by atoms with E-state index in [2.05, 4.69) is 10.3 Å². The lowest BCUT2D eigenvalue weighted by Gasteiger charge is -2.30. The second kappa shape index (κ2) is 19.8. The van der Waals surface area contributed by atoms with Gasteiger partial charge in [-0.25, -0.2) is 9.56 Å². The molecule has 0 fully saturated rings. The van der Waals surface area contributed by atoms with E-state index in [-0.39, 0.29) is 23.6 Å². The highest BCUT2D eigenvalue weighted by atomic mass is 31.2. The summed E-state index contributed by atoms with van der Waals surface area (Å²) in [4.78, 5) is 59.3. The predicted octanol–water partition coefficient (Wildman–Crippen LogP) is 8.58. The van der Waals surface area contributed by atoms with E-state index in [0.29, 0.717) is 16.7 Å². The first-order chi connectivity index (χ1) is 28.6. The molecule has 0 spiro atoms. The Morgan fingerprint density at radius 1 is 0.790 bits per heavy atom. The molecular formula is C42H49F6N4O9P. The van der Waals surface area contributed by atoms with Gasteiger partial charge in [-0.2, -0.15) is 26.3 Å². The van der Waals surface area contributed by atoms with E-state index in [1.807, 2.05) is 0 Å². The number of hydrogen-bond donors (Lipinski definition) is 2. The topological polar surface area (TPSA) is 176 Å². The van der Waals surface area contributed by atoms with E-state index >= 15 is 0 Å². The van der Waals surface area contributed by atoms with Crippen LogP contribution in [0.4, 0.5) is 32.0 Å². The van der Waals surface area contributed by atoms with Crippen LogP contribution >= 0.6 is 7.82 Å². The largest absolute Gasteiger partial charge is 0.531 e. The van der Waals surface area contributed by atoms with Crippen LogP contribution in [-0.2, 0) is 43.9 Å². The van der Waals surface area contributed by atoms with Gasteiger partial charge in [0.1, 0.15) is 5.75 Å². The molecule has 13 nitrogen and oxygen atoms in total. The number of ether oxygens (including phenoxy) is 1. The van der Waals surface area contributed by atoms with Crippen molar-refractivity contribution < 1.29 is 68.4 Å². The molecule has 1 aliphatic rings. The molecule has 62 heavy (non-hydrogen) atoms. The smallest absolute Gasteiger partial charge is 0.444 e. The van der Waals surface area contributed by atoms with Crippen molar-refractivity contribution in [1.29, 1.82) is 0 Å². The normalized spacial score (nSPS) is 16.1. The Morgan fingerprint density at radius 3 is 1.85 bits per heavy atom. The highest BCUT2D eigenvalue weighted by Crippen LogP contribution is 2.55. The molecule has 0 saturated heterocycles. The first kappa shape index (κ1) is 49.4. The molecular weight excluding hydrogens is 849 g/mol. The molecule has 1 heterocycles. The number of hydrogen-bond acceptors (Lipinski definition) is 10. The summed E-state index contributed by atoms with van der Waals surface area (Å²) in [6, 6.07) is 20.4. The number of primary amides is 1. The number of carbonyl (C=O) groups excluding carboxylic acids is 4. The van der Waals surface area contributed by atoms with E-state index in [0.717, 1.165) is 4.90 Å². The number of esters is 1. The molecule has 0 aromatic heterocycles. The fraction of sp³-hybridized carbons (Fsp3) is 0.452. The second-order valence-corrected chi connectivity index (χ2v) is 17.8. The predicted molar refractivity (Wildman–Crippen MR) is 216 cm³/mol. The number of anilines is 1. The van der Waals surface area contributed by atoms with Crippen molar-refractivity contribution in [2.24, 2.45) is 22.6 Å². The SMILES string of the molecule is CC(C)(C)OP(=O)(Oc1ccc(CC(=O)OCN2C(=O)[C@@H](NC(=O)[C@H](CCC(F)(F)F)[C@H](CCC(F)(F)F)C(N)=O)N=C(c3ccccc3)c3ccccc32)cc1)OC(C)(C)C. The molecule has 0 unspecified atom stereocenters. The number of carbonyl (C=O) groups is 4. The van der Waals surface area contributed by atoms with Crippen molar-refractivity contribution >= 4 is 42.9 Å². The number of halogens is 6. The lowest BCUT2D eigenvalue weighted by molar-refractivity contribution is -0.152. The molecule has 0 bridgehead atoms. The number of nitrogens with zero attached hydrogens (tertiary/aromatic N) is 2. The standard InChI is InChI=1S/C42H49F6N4O9P/c1-39(2,3)60-62(57,61-40(4,5)6)59-28-18-16-26(17-19-28)24-33(53)58-25-52-32-15-11-10-14-31(32)34(27-12-8-7-9-13-27)50-36(38(52)56)51-37(55)30(21-23-42(46,47)48)29(35(49)54)20-22-41(43,44)45/h7-19,29-30,36H,20-25H2,1-6H3,(H2,49,54)(H,51,55)/t29-,30+,36+/m0/s1. The maximum atomic E-state index is 14.4. The zero-order chi connectivity index (χ0) is 46.3. The van der Waals surface area contributed by atoms with Crippen molar-refractivity contribution in [2.75, 3.05) is 11.6 Å². The average molecular weight is 899 g/mol. The van der Waals surface area contributed by atoms with Gasteiger partial charge in [0.25, 0.3) is 5.91 Å². The average Bonchev–Trinajstić information content (AvgIpc) is 3.24. The molecule has 0 radical (unpaired) electrons. The highest BCUT2D eigenvalue weighted by molar-refractivity contribution is 7.49. The summed E-state index contributed by atoms with van der Waals surface area (Å²) in [5, 5.41) is 2.25. The number of alkyl halides is 6. The molecule has 0 aliphatic carbocycles. The number of benzene rings is 3. The van der Waals surface area contributed by atoms with Gasteiger partial charge < -0.3 is 20.3 Å². The Morgan fingerprint density at radius 2 is 1.32 bits per heavy atom. The molecule has 3 amide bonds. The van der Waals surface area contributed by atoms with Crippen LogP contribution in [0.1, 0.15) is 83.9 Å². The number of fused-ring (bicyclic) bond motifs is 1. The van der Waals surface area contributed by atoms with Gasteiger partial charge >= 0.3 is 26.1 Å². The van der Waals surface area contributed by atoms with E-state index < -0.39 is 105 Å². The van der Waals surface area contributed by atoms with Gasteiger partial charge in [0.2, 0.25) is 18.0 Å². The number of nitrogens with one attached hydrogen (secondary N) is 1. The first-order valence-corrected chi connectivity index (χ1v) is 20.8. The molecule has 338 valence electrons. The third-order valence-corrected chi connectivity index (χ3v) is 10.8. The van der Waals surface area contributed by atoms with Gasteiger partial charge in [-0.05, 0) is 78.1 Å². The second-order valence-electron chi connectivity index (χ2n) is 16.4. The van der Waals surface area contributed by atoms with Crippen LogP contribution in [0.2, 0.25) is 0 Å². The van der Waals surface area contributed by atoms with Crippen molar-refractivity contribution in [2.45, 2.75) is 103 Å². The lowest BCUT2D eigenvalue weighted by Crippen LogP contribution is -2.51. The van der Waals surface area contributed by atoms with Crippen LogP contribution in [0.5, 0.6) is 5.75 Å². The highest BCUT2D eigenvalue weighted by Gasteiger charge is 2.42. The summed E-state index contributed by atoms with van der Waals surface area (Å²) in [5.74, 6) is -8.62. The minimum Gasteiger partial charge on any atom is -0.444 e. The maximum absolute atomic E-state index is 14.4. The zero-order valence-electron chi connectivity index (χ0n) is 34.8. The summed E-state index contributed by atoms with van der Waals surface area (Å²) in [6.45, 7) is 9.31. The molecule has 0 saturated carbocycles. The van der Waals surface area contributed by atoms with Gasteiger partial charge in [0.05, 0.1) is 29.0 Å². The molecule has 3 atom stereocenters. The zero-order valence-corrected chi connectivity index (χ0v) is 35.7. The molecule has 3 N–H and O–H groups in total. The molecule has 3 aromatic carbocycles. The number of nitrogens with two attached hydrogens (primary N) is 1. The summed E-state index contributed by atoms with van der Waals surface area (Å²) >= 11 is 0. The minimum atomic E-state index is -4.87. The van der Waals surface area contributed by atoms with Crippen LogP contribution in [0, 0.1) is 11.8 Å². The molecule has 1 aliphatic heterocycles. The van der Waals surface area contributed by atoms with Crippen LogP contribution in [0.25, 0.3) is 0 Å². The Kier molecular flexibility index (Phi) is 15.8. The Bertz CT molecular complexity index is 2120. The number of aliphatic imine (C=N–C) groups is 1. The van der Waals surface area contributed by atoms with E-state index in [9.17, 15) is 50.1 Å². The third-order valence-electron chi connectivity index (χ3n) is 8.81. The third kappa shape index (κ3) is 15.3. The minimum absolute atomic E-state index is 0.108. The lowest BCUT2D eigenvalue weighted by atomic mass is 9.83. The number of phosphoric acid groups is 1. The monoisotopic (exact) mass is 898 g/mol. The molecule has 4 rings (SSSR count). The molecule has 20 heteroatoms. The van der Waals surface area contributed by atoms with Gasteiger partial charge in [0.15, 0.2) is 6.73 Å². The van der Waals surface area contributed by atoms with E-state index in [4.69, 9.17) is 24.0 Å². The van der Waals surface area contributed by atoms with Crippen LogP contribution < -0.4 is 20.5 Å². The number of para-hydroxylation sites is 1. The Balaban J connectivity index is 1.62. The summed E-state index contributed by atoms with van der Waals surface area (Å²) in [7, 11) is -4.13. The number of phosphoric ester groups is 1. The fourth-order valence-corrected chi connectivity index (χ4v) is 8.13. The van der Waals surface area contributed by atoms with E-state index in [1.165, 1.54) is 30.3 Å². The van der Waals surface area contributed by atoms with Crippen molar-refractivity contribution in [1.82, 2.24) is 5.32 Å². The fourth-order valence-electron chi connectivity index (χ4n) is 6.30. The quantitative estimate of drug-likeness (QED) is 0.0764. The van der Waals surface area contributed by atoms with Crippen LogP contribution in [-0.4, -0.2) is 65.9 Å². The van der Waals surface area contributed by atoms with Gasteiger partial charge in [-0.1, -0.05) is 60.7 Å². The number of amides is 3. The summed E-state index contributed by atoms with van der Waals surface area (Å²) in [6.07, 6.45) is -17.5. The van der Waals surface area contributed by atoms with Crippen molar-refractivity contribution in [3.05, 3.63) is 95.6 Å². The van der Waals surface area contributed by atoms with Gasteiger partial charge in [0, 0.05) is 35.8 Å². The maximum Gasteiger partial charge on any atom is 0.531 e. The Hall–Kier alpha value is -5.26. The number of benzodiazepines with no additional fused rings is 1. The van der Waals surface area contributed by atoms with Gasteiger partial charge in [-0.15, -0.1) is 0 Å². The van der Waals surface area contributed by atoms with Crippen molar-refractivity contribution in [3.63, 3.8) is 0 Å². The van der Waals surface area contributed by atoms with Crippen molar-refractivity contribution in [3.8, 4) is 5.75 Å². The number of rotatable bonds is 17. The van der Waals surface area contributed by atoms with Gasteiger partial charge in [-0.3, -0.25) is 33.1 Å². The summed E-state index contributed by atoms with van der Waals surface area (Å²) in [5.41, 5.74) is 4.99. The first-order valence-electron chi connectivity index (χ1n) is 19.3. The molecule has 3 aromatic rings.